The van der Waals surface area contributed by atoms with Gasteiger partial charge in [-0.3, -0.25) is 9.69 Å². The zero-order chi connectivity index (χ0) is 31.2. The second-order valence-electron chi connectivity index (χ2n) is 11.1. The zero-order valence-electron chi connectivity index (χ0n) is 24.5. The van der Waals surface area contributed by atoms with Crippen LogP contribution in [0.25, 0.3) is 0 Å². The van der Waals surface area contributed by atoms with Crippen molar-refractivity contribution in [2.75, 3.05) is 43.9 Å². The fraction of sp³-hybridized carbons (Fsp3) is 0.400. The number of rotatable bonds is 8. The molecule has 0 bridgehead atoms. The van der Waals surface area contributed by atoms with Crippen LogP contribution in [-0.2, 0) is 24.0 Å². The summed E-state index contributed by atoms with van der Waals surface area (Å²) in [6.07, 6.45) is -1.93. The number of benzene rings is 1. The Balaban J connectivity index is 1.46. The minimum Gasteiger partial charge on any atom is -0.481 e. The third kappa shape index (κ3) is 9.05. The van der Waals surface area contributed by atoms with E-state index in [1.165, 1.54) is 25.4 Å². The topological polar surface area (TPSA) is 109 Å². The van der Waals surface area contributed by atoms with Crippen LogP contribution in [0.1, 0.15) is 47.8 Å². The molecule has 1 fully saturated rings. The lowest BCUT2D eigenvalue weighted by atomic mass is 10.1. The summed E-state index contributed by atoms with van der Waals surface area (Å²) in [5.41, 5.74) is -0.0983. The van der Waals surface area contributed by atoms with Crippen molar-refractivity contribution < 1.29 is 32.2 Å². The molecule has 0 radical (unpaired) electrons. The number of nitrogens with one attached hydrogen (secondary N) is 2. The van der Waals surface area contributed by atoms with E-state index in [2.05, 4.69) is 20.6 Å². The molecule has 0 atom stereocenters. The molecule has 2 amide bonds. The minimum absolute atomic E-state index is 0.0101. The fourth-order valence-electron chi connectivity index (χ4n) is 4.48. The number of carbonyl (C=O) groups is 2. The van der Waals surface area contributed by atoms with Gasteiger partial charge >= 0.3 is 12.3 Å². The van der Waals surface area contributed by atoms with Crippen molar-refractivity contribution in [2.45, 2.75) is 45.6 Å². The molecule has 1 aliphatic heterocycles. The summed E-state index contributed by atoms with van der Waals surface area (Å²) in [6, 6.07) is 10.1. The smallest absolute Gasteiger partial charge is 0.416 e. The second-order valence-corrected chi connectivity index (χ2v) is 11.1. The lowest BCUT2D eigenvalue weighted by molar-refractivity contribution is -0.137. The van der Waals surface area contributed by atoms with Gasteiger partial charge in [-0.2, -0.15) is 13.2 Å². The van der Waals surface area contributed by atoms with Crippen LogP contribution in [0, 0.1) is 0 Å². The van der Waals surface area contributed by atoms with E-state index in [0.29, 0.717) is 44.2 Å². The molecule has 0 spiro atoms. The molecule has 1 aromatic carbocycles. The van der Waals surface area contributed by atoms with Crippen molar-refractivity contribution in [3.63, 3.8) is 0 Å². The number of amides is 2. The quantitative estimate of drug-likeness (QED) is 0.353. The summed E-state index contributed by atoms with van der Waals surface area (Å²) in [5.74, 6) is 0.0913. The number of alkyl halides is 3. The lowest BCUT2D eigenvalue weighted by Gasteiger charge is -2.35. The summed E-state index contributed by atoms with van der Waals surface area (Å²) < 4.78 is 52.0. The first-order chi connectivity index (χ1) is 20.3. The molecule has 2 aromatic heterocycles. The fourth-order valence-corrected chi connectivity index (χ4v) is 4.48. The second kappa shape index (κ2) is 13.3. The first-order valence-corrected chi connectivity index (χ1v) is 13.7. The number of ether oxygens (including phenoxy) is 2. The van der Waals surface area contributed by atoms with Gasteiger partial charge in [0.15, 0.2) is 0 Å². The molecular weight excluding hydrogens is 565 g/mol. The average Bonchev–Trinajstić information content (AvgIpc) is 2.95. The third-order valence-corrected chi connectivity index (χ3v) is 6.53. The van der Waals surface area contributed by atoms with E-state index in [4.69, 9.17) is 9.47 Å². The zero-order valence-corrected chi connectivity index (χ0v) is 24.5. The van der Waals surface area contributed by atoms with Gasteiger partial charge in [-0.05, 0) is 68.3 Å². The van der Waals surface area contributed by atoms with Crippen molar-refractivity contribution in [1.82, 2.24) is 19.8 Å². The predicted octanol–water partition coefficient (Wildman–Crippen LogP) is 5.42. The van der Waals surface area contributed by atoms with E-state index in [1.54, 1.807) is 50.1 Å². The van der Waals surface area contributed by atoms with Crippen LogP contribution in [0.15, 0.2) is 54.9 Å². The van der Waals surface area contributed by atoms with Gasteiger partial charge in [-0.15, -0.1) is 0 Å². The van der Waals surface area contributed by atoms with Crippen LogP contribution in [0.5, 0.6) is 5.88 Å². The maximum atomic E-state index is 13.8. The SMILES string of the molecule is COc1cc(CNc2ncccc2C(=O)Nc2cc(CN3CCN(C(=O)OC(C)(C)C)CC3)cc(C(F)(F)F)c2)ccn1. The maximum Gasteiger partial charge on any atom is 0.416 e. The third-order valence-electron chi connectivity index (χ3n) is 6.53. The lowest BCUT2D eigenvalue weighted by Crippen LogP contribution is -2.49. The maximum absolute atomic E-state index is 13.8. The van der Waals surface area contributed by atoms with Crippen LogP contribution < -0.4 is 15.4 Å². The Labute approximate surface area is 248 Å². The standard InChI is InChI=1S/C30H35F3N6O4/c1-29(2,3)43-28(41)39-12-10-38(11-13-39)19-21-14-22(30(31,32)33)17-23(15-21)37-27(40)24-6-5-8-35-26(24)36-18-20-7-9-34-25(16-20)42-4/h5-9,14-17H,10-13,18-19H2,1-4H3,(H,35,36)(H,37,40). The van der Waals surface area contributed by atoms with Crippen LogP contribution in [-0.4, -0.2) is 70.7 Å². The van der Waals surface area contributed by atoms with Gasteiger partial charge in [0.1, 0.15) is 11.4 Å². The van der Waals surface area contributed by atoms with E-state index >= 15 is 0 Å². The number of piperazine rings is 1. The molecule has 4 rings (SSSR count). The number of pyridine rings is 2. The highest BCUT2D eigenvalue weighted by atomic mass is 19.4. The number of methoxy groups -OCH3 is 1. The molecule has 0 aliphatic carbocycles. The van der Waals surface area contributed by atoms with Crippen molar-refractivity contribution in [2.24, 2.45) is 0 Å². The number of nitrogens with zero attached hydrogens (tertiary/aromatic N) is 4. The van der Waals surface area contributed by atoms with Gasteiger partial charge in [0, 0.05) is 63.4 Å². The summed E-state index contributed by atoms with van der Waals surface area (Å²) in [5, 5.41) is 5.71. The molecule has 230 valence electrons. The van der Waals surface area contributed by atoms with Crippen molar-refractivity contribution in [3.8, 4) is 5.88 Å². The summed E-state index contributed by atoms with van der Waals surface area (Å²) in [4.78, 5) is 37.5. The highest BCUT2D eigenvalue weighted by Crippen LogP contribution is 2.33. The van der Waals surface area contributed by atoms with E-state index in [-0.39, 0.29) is 23.6 Å². The van der Waals surface area contributed by atoms with E-state index in [1.807, 2.05) is 4.90 Å². The predicted molar refractivity (Wildman–Crippen MR) is 155 cm³/mol. The van der Waals surface area contributed by atoms with E-state index < -0.39 is 29.3 Å². The Bertz CT molecular complexity index is 1440. The summed E-state index contributed by atoms with van der Waals surface area (Å²) >= 11 is 0. The van der Waals surface area contributed by atoms with Gasteiger partial charge in [0.2, 0.25) is 5.88 Å². The molecule has 43 heavy (non-hydrogen) atoms. The number of anilines is 2. The molecule has 3 heterocycles. The molecule has 1 saturated heterocycles. The van der Waals surface area contributed by atoms with Crippen LogP contribution in [0.4, 0.5) is 29.5 Å². The molecule has 2 N–H and O–H groups in total. The van der Waals surface area contributed by atoms with Crippen molar-refractivity contribution in [3.05, 3.63) is 77.1 Å². The normalized spacial score (nSPS) is 14.3. The molecular formula is C30H35F3N6O4. The van der Waals surface area contributed by atoms with Crippen molar-refractivity contribution in [1.29, 1.82) is 0 Å². The van der Waals surface area contributed by atoms with Gasteiger partial charge in [0.25, 0.3) is 5.91 Å². The van der Waals surface area contributed by atoms with Gasteiger partial charge < -0.3 is 25.0 Å². The van der Waals surface area contributed by atoms with Crippen LogP contribution >= 0.6 is 0 Å². The highest BCUT2D eigenvalue weighted by molar-refractivity contribution is 6.07. The van der Waals surface area contributed by atoms with Crippen LogP contribution in [0.2, 0.25) is 0 Å². The summed E-state index contributed by atoms with van der Waals surface area (Å²) in [7, 11) is 1.51. The summed E-state index contributed by atoms with van der Waals surface area (Å²) in [6.45, 7) is 7.60. The molecule has 1 aliphatic rings. The van der Waals surface area contributed by atoms with E-state index in [0.717, 1.165) is 17.7 Å². The largest absolute Gasteiger partial charge is 0.481 e. The number of halogens is 3. The highest BCUT2D eigenvalue weighted by Gasteiger charge is 2.32. The molecule has 10 nitrogen and oxygen atoms in total. The van der Waals surface area contributed by atoms with Gasteiger partial charge in [-0.1, -0.05) is 0 Å². The molecule has 0 unspecified atom stereocenters. The Hall–Kier alpha value is -4.39. The van der Waals surface area contributed by atoms with Crippen LogP contribution in [0.3, 0.4) is 0 Å². The molecule has 3 aromatic rings. The first kappa shape index (κ1) is 31.5. The minimum atomic E-state index is -4.61. The number of hydrogen-bond acceptors (Lipinski definition) is 8. The Kier molecular flexibility index (Phi) is 9.74. The molecule has 13 heteroatoms. The Morgan fingerprint density at radius 2 is 1.70 bits per heavy atom. The van der Waals surface area contributed by atoms with Gasteiger partial charge in [0.05, 0.1) is 18.2 Å². The molecule has 0 saturated carbocycles. The van der Waals surface area contributed by atoms with Crippen molar-refractivity contribution >= 4 is 23.5 Å². The van der Waals surface area contributed by atoms with Gasteiger partial charge in [-0.25, -0.2) is 14.8 Å². The van der Waals surface area contributed by atoms with E-state index in [9.17, 15) is 22.8 Å². The number of carbonyl (C=O) groups excluding carboxylic acids is 2. The number of aromatic nitrogens is 2. The Morgan fingerprint density at radius 1 is 0.953 bits per heavy atom. The average molecular weight is 601 g/mol. The first-order valence-electron chi connectivity index (χ1n) is 13.7. The monoisotopic (exact) mass is 600 g/mol. The number of hydrogen-bond donors (Lipinski definition) is 2. The Morgan fingerprint density at radius 3 is 2.37 bits per heavy atom.